The van der Waals surface area contributed by atoms with Gasteiger partial charge in [-0.25, -0.2) is 14.1 Å². The van der Waals surface area contributed by atoms with Gasteiger partial charge in [-0.05, 0) is 29.8 Å². The Labute approximate surface area is 152 Å². The first kappa shape index (κ1) is 16.9. The summed E-state index contributed by atoms with van der Waals surface area (Å²) >= 11 is 0. The fourth-order valence-electron chi connectivity index (χ4n) is 3.03. The lowest BCUT2D eigenvalue weighted by Gasteiger charge is -2.34. The number of aromatic nitrogens is 3. The Bertz CT molecular complexity index is 942. The summed E-state index contributed by atoms with van der Waals surface area (Å²) in [5, 5.41) is 10.1. The van der Waals surface area contributed by atoms with E-state index in [0.717, 1.165) is 29.9 Å². The maximum atomic E-state index is 13.0. The van der Waals surface area contributed by atoms with Gasteiger partial charge in [-0.2, -0.15) is 5.10 Å². The Morgan fingerprint density at radius 3 is 2.38 bits per heavy atom. The third kappa shape index (κ3) is 3.51. The summed E-state index contributed by atoms with van der Waals surface area (Å²) in [5.41, 5.74) is 3.08. The van der Waals surface area contributed by atoms with Crippen LogP contribution in [0.2, 0.25) is 0 Å². The number of benzene rings is 1. The van der Waals surface area contributed by atoms with Gasteiger partial charge in [0.2, 0.25) is 0 Å². The first-order valence-electron chi connectivity index (χ1n) is 8.39. The van der Waals surface area contributed by atoms with Crippen LogP contribution in [-0.4, -0.2) is 43.6 Å². The molecule has 1 saturated heterocycles. The zero-order valence-corrected chi connectivity index (χ0v) is 15.0. The molecule has 0 unspecified atom stereocenters. The van der Waals surface area contributed by atoms with Crippen LogP contribution in [-0.2, 0) is 10.1 Å². The van der Waals surface area contributed by atoms with Crippen LogP contribution >= 0.6 is 0 Å². The van der Waals surface area contributed by atoms with E-state index in [1.54, 1.807) is 16.9 Å². The van der Waals surface area contributed by atoms with Crippen molar-refractivity contribution in [2.24, 2.45) is 5.14 Å². The molecule has 26 heavy (non-hydrogen) atoms. The highest BCUT2D eigenvalue weighted by Gasteiger charge is 2.20. The topological polar surface area (TPSA) is 77.0 Å². The van der Waals surface area contributed by atoms with Crippen LogP contribution in [0.3, 0.4) is 0 Å². The van der Waals surface area contributed by atoms with Gasteiger partial charge in [0, 0.05) is 42.0 Å². The molecular formula is C18H20FN5OS. The smallest absolute Gasteiger partial charge is 0.153 e. The Hall–Kier alpha value is -2.58. The van der Waals surface area contributed by atoms with E-state index in [-0.39, 0.29) is 5.82 Å². The molecule has 0 saturated carbocycles. The number of halogens is 1. The highest BCUT2D eigenvalue weighted by Crippen LogP contribution is 2.24. The van der Waals surface area contributed by atoms with Gasteiger partial charge >= 0.3 is 0 Å². The van der Waals surface area contributed by atoms with Crippen LogP contribution in [0.1, 0.15) is 0 Å². The van der Waals surface area contributed by atoms with Gasteiger partial charge in [0.05, 0.1) is 12.4 Å². The number of pyridine rings is 1. The molecule has 0 bridgehead atoms. The van der Waals surface area contributed by atoms with Crippen molar-refractivity contribution in [2.45, 2.75) is 0 Å². The molecule has 1 aromatic carbocycles. The van der Waals surface area contributed by atoms with Crippen molar-refractivity contribution in [3.05, 3.63) is 60.8 Å². The zero-order chi connectivity index (χ0) is 18.1. The molecule has 0 aliphatic carbocycles. The first-order chi connectivity index (χ1) is 12.5. The molecule has 2 aromatic heterocycles. The van der Waals surface area contributed by atoms with E-state index in [1.807, 2.05) is 18.3 Å². The van der Waals surface area contributed by atoms with E-state index >= 15 is 0 Å². The number of hydrogen-bond acceptors (Lipinski definition) is 4. The molecule has 0 atom stereocenters. The fourth-order valence-corrected chi connectivity index (χ4v) is 4.41. The van der Waals surface area contributed by atoms with Crippen LogP contribution in [0, 0.1) is 5.82 Å². The predicted molar refractivity (Wildman–Crippen MR) is 102 cm³/mol. The summed E-state index contributed by atoms with van der Waals surface area (Å²) in [7, 11) is -2.41. The normalized spacial score (nSPS) is 17.8. The second-order valence-corrected chi connectivity index (χ2v) is 9.24. The number of hydrogen-bond donors (Lipinski definition) is 2. The van der Waals surface area contributed by atoms with Crippen LogP contribution < -0.4 is 10.0 Å². The van der Waals surface area contributed by atoms with Crippen molar-refractivity contribution >= 4 is 15.8 Å². The second kappa shape index (κ2) is 6.62. The van der Waals surface area contributed by atoms with Crippen molar-refractivity contribution < 1.29 is 8.60 Å². The summed E-state index contributed by atoms with van der Waals surface area (Å²) in [6.45, 7) is 1.45. The van der Waals surface area contributed by atoms with E-state index in [9.17, 15) is 8.60 Å². The van der Waals surface area contributed by atoms with Crippen molar-refractivity contribution in [1.29, 1.82) is 0 Å². The summed E-state index contributed by atoms with van der Waals surface area (Å²) in [6, 6.07) is 11.1. The van der Waals surface area contributed by atoms with Crippen LogP contribution in [0.5, 0.6) is 0 Å². The minimum Gasteiger partial charge on any atom is -0.370 e. The van der Waals surface area contributed by atoms with Gasteiger partial charge in [0.15, 0.2) is 5.82 Å². The van der Waals surface area contributed by atoms with E-state index in [2.05, 4.69) is 27.1 Å². The first-order valence-corrected chi connectivity index (χ1v) is 10.5. The summed E-state index contributed by atoms with van der Waals surface area (Å²) in [4.78, 5) is 6.24. The van der Waals surface area contributed by atoms with Crippen molar-refractivity contribution in [3.63, 3.8) is 0 Å². The van der Waals surface area contributed by atoms with Crippen LogP contribution in [0.4, 0.5) is 10.1 Å². The minimum atomic E-state index is -2.41. The largest absolute Gasteiger partial charge is 0.370 e. The number of nitrogens with zero attached hydrogens (tertiary/aromatic N) is 4. The Morgan fingerprint density at radius 1 is 1.00 bits per heavy atom. The Morgan fingerprint density at radius 2 is 1.73 bits per heavy atom. The van der Waals surface area contributed by atoms with Gasteiger partial charge in [0.1, 0.15) is 5.82 Å². The molecule has 0 spiro atoms. The molecule has 1 aliphatic rings. The molecule has 0 radical (unpaired) electrons. The van der Waals surface area contributed by atoms with Crippen LogP contribution in [0.15, 0.2) is 55.0 Å². The van der Waals surface area contributed by atoms with E-state index < -0.39 is 10.1 Å². The molecule has 2 N–H and O–H groups in total. The summed E-state index contributed by atoms with van der Waals surface area (Å²) in [5.74, 6) is 1.31. The maximum absolute atomic E-state index is 13.0. The third-order valence-corrected chi connectivity index (χ3v) is 6.51. The Balaban J connectivity index is 1.51. The average Bonchev–Trinajstić information content (AvgIpc) is 3.13. The molecule has 0 amide bonds. The van der Waals surface area contributed by atoms with Gasteiger partial charge in [-0.1, -0.05) is 22.3 Å². The van der Waals surface area contributed by atoms with E-state index in [4.69, 9.17) is 5.14 Å². The molecule has 8 heteroatoms. The van der Waals surface area contributed by atoms with E-state index in [1.165, 1.54) is 12.3 Å². The summed E-state index contributed by atoms with van der Waals surface area (Å²) in [6.07, 6.45) is 4.79. The maximum Gasteiger partial charge on any atom is 0.153 e. The van der Waals surface area contributed by atoms with Gasteiger partial charge < -0.3 is 4.90 Å². The molecule has 3 heterocycles. The third-order valence-electron chi connectivity index (χ3n) is 4.59. The molecular weight excluding hydrogens is 353 g/mol. The quantitative estimate of drug-likeness (QED) is 0.686. The highest BCUT2D eigenvalue weighted by atomic mass is 32.3. The molecule has 1 fully saturated rings. The molecule has 1 aliphatic heterocycles. The molecule has 136 valence electrons. The lowest BCUT2D eigenvalue weighted by atomic mass is 10.1. The second-order valence-electron chi connectivity index (χ2n) is 6.44. The fraction of sp³-hybridized carbons (Fsp3) is 0.222. The van der Waals surface area contributed by atoms with Gasteiger partial charge in [-0.15, -0.1) is 0 Å². The number of rotatable bonds is 3. The molecule has 3 aromatic rings. The zero-order valence-electron chi connectivity index (χ0n) is 14.1. The lowest BCUT2D eigenvalue weighted by molar-refractivity contribution is 0.619. The van der Waals surface area contributed by atoms with Gasteiger partial charge in [0.25, 0.3) is 0 Å². The highest BCUT2D eigenvalue weighted by molar-refractivity contribution is 8.01. The van der Waals surface area contributed by atoms with Crippen molar-refractivity contribution in [3.8, 4) is 16.9 Å². The minimum absolute atomic E-state index is 0.375. The van der Waals surface area contributed by atoms with E-state index in [0.29, 0.717) is 17.3 Å². The molecule has 6 nitrogen and oxygen atoms in total. The Kier molecular flexibility index (Phi) is 4.29. The van der Waals surface area contributed by atoms with Crippen molar-refractivity contribution in [2.75, 3.05) is 29.5 Å². The van der Waals surface area contributed by atoms with Crippen molar-refractivity contribution in [1.82, 2.24) is 14.8 Å². The lowest BCUT2D eigenvalue weighted by Crippen LogP contribution is -2.47. The molecule has 4 rings (SSSR count). The number of nitrogens with two attached hydrogens (primary N) is 1. The monoisotopic (exact) mass is 373 g/mol. The SMILES string of the molecule is N[SH]1(=O)CCN(c2ccc(-c3cnn(-c4ccc(F)cn4)c3)cc2)CC1. The summed E-state index contributed by atoms with van der Waals surface area (Å²) < 4.78 is 26.5. The van der Waals surface area contributed by atoms with Gasteiger partial charge in [-0.3, -0.25) is 9.35 Å². The average molecular weight is 373 g/mol. The number of thiol groups is 1. The standard InChI is InChI=1S/C18H20FN5OS/c19-16-3-6-18(21-12-16)24-13-15(11-22-24)14-1-4-17(5-2-14)23-7-9-26(20,25)10-8-23/h1-6,11-13,26H,7-10H2,(H2,20,25). The predicted octanol–water partition coefficient (Wildman–Crippen LogP) is 1.78. The number of anilines is 1. The van der Waals surface area contributed by atoms with Crippen LogP contribution in [0.25, 0.3) is 16.9 Å².